The van der Waals surface area contributed by atoms with Gasteiger partial charge in [-0.25, -0.2) is 4.79 Å². The van der Waals surface area contributed by atoms with Gasteiger partial charge in [0.2, 0.25) is 23.0 Å². The molecule has 1 aliphatic carbocycles. The second kappa shape index (κ2) is 14.6. The van der Waals surface area contributed by atoms with E-state index in [4.69, 9.17) is 18.9 Å². The number of methoxy groups -OCH3 is 4. The quantitative estimate of drug-likeness (QED) is 0.253. The Hall–Kier alpha value is -4.28. The van der Waals surface area contributed by atoms with Crippen LogP contribution in [0.4, 0.5) is 5.69 Å². The van der Waals surface area contributed by atoms with Gasteiger partial charge in [0.25, 0.3) is 0 Å². The number of esters is 1. The van der Waals surface area contributed by atoms with Crippen molar-refractivity contribution in [2.75, 3.05) is 40.3 Å². The molecule has 0 unspecified atom stereocenters. The summed E-state index contributed by atoms with van der Waals surface area (Å²) in [5, 5.41) is 8.84. The molecule has 2 atom stereocenters. The van der Waals surface area contributed by atoms with Crippen molar-refractivity contribution in [1.29, 1.82) is 0 Å². The maximum atomic E-state index is 13.4. The lowest BCUT2D eigenvalue weighted by molar-refractivity contribution is -0.146. The number of hydrogen-bond donors (Lipinski definition) is 3. The Labute approximate surface area is 246 Å². The highest BCUT2D eigenvalue weighted by Gasteiger charge is 2.29. The number of rotatable bonds is 12. The molecule has 0 spiro atoms. The molecular weight excluding hydrogens is 542 g/mol. The first-order chi connectivity index (χ1) is 20.1. The fourth-order valence-corrected chi connectivity index (χ4v) is 5.20. The van der Waals surface area contributed by atoms with Crippen LogP contribution in [0.2, 0.25) is 0 Å². The number of carbonyl (C=O) groups is 3. The van der Waals surface area contributed by atoms with E-state index in [1.165, 1.54) is 21.1 Å². The molecule has 11 nitrogen and oxygen atoms in total. The molecule has 3 rings (SSSR count). The number of benzene rings is 1. The van der Waals surface area contributed by atoms with E-state index in [-0.39, 0.29) is 29.6 Å². The molecule has 0 aromatic heterocycles. The number of anilines is 1. The topological polar surface area (TPSA) is 141 Å². The second-order valence-corrected chi connectivity index (χ2v) is 10.4. The SMILES string of the molecule is COC(=O)[C@@H](NC(=O)CCCNc1ccc2c(cc1=O)[C@@H](NC(C)=O)CCc1cc(OC)c(OC)c(OC)c1-2)C(C)C. The summed E-state index contributed by atoms with van der Waals surface area (Å²) in [6, 6.07) is 5.84. The van der Waals surface area contributed by atoms with E-state index >= 15 is 0 Å². The zero-order valence-electron chi connectivity index (χ0n) is 25.3. The fraction of sp³-hybridized carbons (Fsp3) is 0.484. The number of carbonyl (C=O) groups excluding carboxylic acids is 3. The lowest BCUT2D eigenvalue weighted by Gasteiger charge is -2.19. The highest BCUT2D eigenvalue weighted by atomic mass is 16.5. The standard InChI is InChI=1S/C31H41N3O8/c1-17(2)28(31(38)42-7)34-26(37)9-8-14-32-23-13-11-20-21(16-24(23)36)22(33-18(3)35)12-10-19-15-25(39-4)29(40-5)30(41-6)27(19)20/h11,13,15-17,22,28H,8-10,12,14H2,1-7H3,(H,32,36)(H,33,35)(H,34,37)/t22-,28-/m0/s1. The van der Waals surface area contributed by atoms with E-state index in [0.29, 0.717) is 54.3 Å². The lowest BCUT2D eigenvalue weighted by atomic mass is 9.95. The largest absolute Gasteiger partial charge is 0.493 e. The minimum Gasteiger partial charge on any atom is -0.493 e. The molecule has 11 heteroatoms. The normalized spacial score (nSPS) is 14.4. The fourth-order valence-electron chi connectivity index (χ4n) is 5.20. The van der Waals surface area contributed by atoms with Crippen molar-refractivity contribution in [3.63, 3.8) is 0 Å². The summed E-state index contributed by atoms with van der Waals surface area (Å²) in [4.78, 5) is 49.9. The first-order valence-electron chi connectivity index (χ1n) is 13.9. The monoisotopic (exact) mass is 583 g/mol. The van der Waals surface area contributed by atoms with Crippen molar-refractivity contribution in [3.8, 4) is 28.4 Å². The Morgan fingerprint density at radius 2 is 1.71 bits per heavy atom. The molecule has 0 bridgehead atoms. The molecule has 0 heterocycles. The molecular formula is C31H41N3O8. The van der Waals surface area contributed by atoms with Gasteiger partial charge in [0.05, 0.1) is 40.2 Å². The van der Waals surface area contributed by atoms with Gasteiger partial charge >= 0.3 is 5.97 Å². The Morgan fingerprint density at radius 3 is 2.31 bits per heavy atom. The second-order valence-electron chi connectivity index (χ2n) is 10.4. The van der Waals surface area contributed by atoms with Crippen molar-refractivity contribution in [1.82, 2.24) is 10.6 Å². The van der Waals surface area contributed by atoms with E-state index in [0.717, 1.165) is 16.7 Å². The number of fused-ring (bicyclic) bond motifs is 3. The van der Waals surface area contributed by atoms with Crippen LogP contribution in [0.5, 0.6) is 17.2 Å². The minimum atomic E-state index is -0.720. The maximum absolute atomic E-state index is 13.4. The molecule has 0 fully saturated rings. The Kier molecular flexibility index (Phi) is 11.2. The minimum absolute atomic E-state index is 0.117. The Bertz CT molecular complexity index is 1370. The van der Waals surface area contributed by atoms with Gasteiger partial charge in [-0.2, -0.15) is 0 Å². The first-order valence-corrected chi connectivity index (χ1v) is 13.9. The molecule has 0 saturated carbocycles. The summed E-state index contributed by atoms with van der Waals surface area (Å²) in [6.45, 7) is 5.45. The Morgan fingerprint density at radius 1 is 1.00 bits per heavy atom. The molecule has 1 aliphatic rings. The van der Waals surface area contributed by atoms with Crippen molar-refractivity contribution in [2.24, 2.45) is 5.92 Å². The average Bonchev–Trinajstić information content (AvgIpc) is 3.20. The average molecular weight is 584 g/mol. The molecule has 0 radical (unpaired) electrons. The summed E-state index contributed by atoms with van der Waals surface area (Å²) in [7, 11) is 5.93. The van der Waals surface area contributed by atoms with Crippen molar-refractivity contribution in [2.45, 2.75) is 58.5 Å². The van der Waals surface area contributed by atoms with E-state index < -0.39 is 18.1 Å². The summed E-state index contributed by atoms with van der Waals surface area (Å²) >= 11 is 0. The van der Waals surface area contributed by atoms with Crippen LogP contribution in [-0.2, 0) is 25.5 Å². The van der Waals surface area contributed by atoms with E-state index in [1.807, 2.05) is 26.0 Å². The predicted molar refractivity (Wildman–Crippen MR) is 159 cm³/mol. The summed E-state index contributed by atoms with van der Waals surface area (Å²) in [6.07, 6.45) is 1.75. The third kappa shape index (κ3) is 7.32. The summed E-state index contributed by atoms with van der Waals surface area (Å²) < 4.78 is 21.8. The van der Waals surface area contributed by atoms with Crippen molar-refractivity contribution in [3.05, 3.63) is 45.6 Å². The molecule has 42 heavy (non-hydrogen) atoms. The molecule has 2 aromatic carbocycles. The number of hydrogen-bond acceptors (Lipinski definition) is 9. The molecule has 2 aromatic rings. The van der Waals surface area contributed by atoms with E-state index in [9.17, 15) is 19.2 Å². The zero-order valence-corrected chi connectivity index (χ0v) is 25.3. The molecule has 228 valence electrons. The maximum Gasteiger partial charge on any atom is 0.328 e. The number of ether oxygens (including phenoxy) is 4. The highest BCUT2D eigenvalue weighted by Crippen LogP contribution is 2.50. The molecule has 2 amide bonds. The first kappa shape index (κ1) is 32.2. The van der Waals surface area contributed by atoms with Gasteiger partial charge in [-0.1, -0.05) is 19.9 Å². The predicted octanol–water partition coefficient (Wildman–Crippen LogP) is 3.37. The number of aryl methyl sites for hydroxylation is 1. The van der Waals surface area contributed by atoms with Crippen molar-refractivity contribution < 1.29 is 33.3 Å². The van der Waals surface area contributed by atoms with Crippen LogP contribution in [-0.4, -0.2) is 58.8 Å². The third-order valence-corrected chi connectivity index (χ3v) is 7.25. The van der Waals surface area contributed by atoms with Crippen molar-refractivity contribution >= 4 is 23.5 Å². The molecule has 0 saturated heterocycles. The number of nitrogens with one attached hydrogen (secondary N) is 3. The van der Waals surface area contributed by atoms with Crippen LogP contribution >= 0.6 is 0 Å². The van der Waals surface area contributed by atoms with Gasteiger partial charge in [-0.15, -0.1) is 0 Å². The summed E-state index contributed by atoms with van der Waals surface area (Å²) in [5.74, 6) is 0.336. The number of amides is 2. The van der Waals surface area contributed by atoms with Gasteiger partial charge in [0, 0.05) is 25.5 Å². The van der Waals surface area contributed by atoms with Crippen LogP contribution in [0.25, 0.3) is 11.1 Å². The van der Waals surface area contributed by atoms with Crippen LogP contribution in [0.3, 0.4) is 0 Å². The van der Waals surface area contributed by atoms with Gasteiger partial charge < -0.3 is 34.9 Å². The molecule has 0 aliphatic heterocycles. The highest BCUT2D eigenvalue weighted by molar-refractivity contribution is 5.85. The van der Waals surface area contributed by atoms with Crippen LogP contribution in [0, 0.1) is 5.92 Å². The van der Waals surface area contributed by atoms with Gasteiger partial charge in [-0.3, -0.25) is 14.4 Å². The van der Waals surface area contributed by atoms with Crippen LogP contribution in [0.1, 0.15) is 57.2 Å². The lowest BCUT2D eigenvalue weighted by Crippen LogP contribution is -2.45. The third-order valence-electron chi connectivity index (χ3n) is 7.25. The smallest absolute Gasteiger partial charge is 0.328 e. The van der Waals surface area contributed by atoms with Crippen LogP contribution in [0.15, 0.2) is 29.1 Å². The molecule has 3 N–H and O–H groups in total. The zero-order chi connectivity index (χ0) is 31.0. The van der Waals surface area contributed by atoms with Crippen LogP contribution < -0.4 is 35.6 Å². The van der Waals surface area contributed by atoms with E-state index in [2.05, 4.69) is 16.0 Å². The summed E-state index contributed by atoms with van der Waals surface area (Å²) in [5.41, 5.74) is 3.18. The van der Waals surface area contributed by atoms with E-state index in [1.54, 1.807) is 26.4 Å². The van der Waals surface area contributed by atoms with Gasteiger partial charge in [-0.05, 0) is 60.1 Å². The van der Waals surface area contributed by atoms with Gasteiger partial charge in [0.1, 0.15) is 6.04 Å². The van der Waals surface area contributed by atoms with Gasteiger partial charge in [0.15, 0.2) is 11.5 Å². The Balaban J connectivity index is 1.93.